The Kier molecular flexibility index (Phi) is 15.2. The van der Waals surface area contributed by atoms with Crippen LogP contribution in [0.2, 0.25) is 18.1 Å². The molecule has 16 heteroatoms. The number of benzene rings is 3. The molecule has 0 amide bonds. The number of nitriles is 1. The summed E-state index contributed by atoms with van der Waals surface area (Å²) in [6.45, 7) is 18.5. The first-order valence-electron chi connectivity index (χ1n) is 21.2. The SMILES string of the molecule is COc1ccc(C(OC[C@@H]2O[C@@H](n3c(=O)[nH]c(=O)c4sccc43)[C@H](O[Si](C)(C)C(C)(C)C)[C@@H]2C(CC#N)OP(O)N(C(C)C)C(C)C)(c2ccccc2)c2ccc(OC)cc2)cc1. The number of fused-ring (bicyclic) bond motifs is 1. The summed E-state index contributed by atoms with van der Waals surface area (Å²) in [5.74, 6) is 0.556. The fourth-order valence-corrected chi connectivity index (χ4v) is 11.7. The Balaban J connectivity index is 1.59. The van der Waals surface area contributed by atoms with Crippen LogP contribution in [0.15, 0.2) is 99.9 Å². The second-order valence-corrected chi connectivity index (χ2v) is 24.7. The predicted molar refractivity (Wildman–Crippen MR) is 251 cm³/mol. The number of rotatable bonds is 18. The number of thiophene rings is 1. The van der Waals surface area contributed by atoms with Gasteiger partial charge >= 0.3 is 5.69 Å². The Labute approximate surface area is 376 Å². The van der Waals surface area contributed by atoms with Crippen LogP contribution in [0, 0.1) is 17.2 Å². The summed E-state index contributed by atoms with van der Waals surface area (Å²) >= 11 is 1.22. The Bertz CT molecular complexity index is 2390. The molecule has 1 fully saturated rings. The number of nitrogens with one attached hydrogen (secondary N) is 1. The third-order valence-corrected chi connectivity index (χ3v) is 19.4. The van der Waals surface area contributed by atoms with Gasteiger partial charge in [-0.2, -0.15) is 5.26 Å². The maximum Gasteiger partial charge on any atom is 0.331 e. The van der Waals surface area contributed by atoms with E-state index in [4.69, 9.17) is 27.9 Å². The smallest absolute Gasteiger partial charge is 0.331 e. The molecule has 1 aliphatic rings. The number of hydrogen-bond donors (Lipinski definition) is 2. The van der Waals surface area contributed by atoms with Crippen LogP contribution >= 0.6 is 19.9 Å². The standard InChI is InChI=1S/C47H61N4O9PSSi/c1-30(2)51(31(3)4)61(54)59-38(25-27-48)40-39(58-44(41(40)60-63(10,11)46(5,6)7)50-37-26-28-62-42(37)43(52)49-45(50)53)29-57-47(32-15-13-12-14-16-32,33-17-21-35(55-8)22-18-33)34-19-23-36(56-9)24-20-34/h12-24,26,28,30-31,38-41,44,54H,25,29H2,1-11H3,(H,49,52,53)/t38?,39-,40+,41+,44+,61?/m0/s1. The molecular weight excluding hydrogens is 856 g/mol. The van der Waals surface area contributed by atoms with Crippen LogP contribution in [0.1, 0.15) is 77.8 Å². The topological polar surface area (TPSA) is 158 Å². The van der Waals surface area contributed by atoms with Gasteiger partial charge in [0.1, 0.15) is 21.8 Å². The molecule has 3 aromatic carbocycles. The summed E-state index contributed by atoms with van der Waals surface area (Å²) in [4.78, 5) is 41.8. The van der Waals surface area contributed by atoms with E-state index < -0.39 is 64.2 Å². The van der Waals surface area contributed by atoms with Crippen LogP contribution in [-0.2, 0) is 24.0 Å². The molecule has 63 heavy (non-hydrogen) atoms. The van der Waals surface area contributed by atoms with Crippen molar-refractivity contribution in [2.75, 3.05) is 20.8 Å². The molecule has 6 rings (SSSR count). The normalized spacial score (nSPS) is 19.5. The van der Waals surface area contributed by atoms with Gasteiger partial charge in [-0.25, -0.2) is 9.46 Å². The molecule has 13 nitrogen and oxygen atoms in total. The van der Waals surface area contributed by atoms with Crippen molar-refractivity contribution in [2.24, 2.45) is 5.92 Å². The summed E-state index contributed by atoms with van der Waals surface area (Å²) < 4.78 is 43.6. The first kappa shape index (κ1) is 48.3. The Morgan fingerprint density at radius 2 is 1.46 bits per heavy atom. The van der Waals surface area contributed by atoms with Crippen LogP contribution in [0.3, 0.4) is 0 Å². The lowest BCUT2D eigenvalue weighted by Crippen LogP contribution is -2.51. The number of hydrogen-bond acceptors (Lipinski definition) is 12. The molecule has 5 aromatic rings. The van der Waals surface area contributed by atoms with E-state index in [1.54, 1.807) is 25.7 Å². The predicted octanol–water partition coefficient (Wildman–Crippen LogP) is 9.32. The highest BCUT2D eigenvalue weighted by atomic mass is 32.1. The fourth-order valence-electron chi connectivity index (χ4n) is 8.23. The van der Waals surface area contributed by atoms with Crippen molar-refractivity contribution in [3.8, 4) is 17.6 Å². The average Bonchev–Trinajstić information content (AvgIpc) is 3.86. The summed E-state index contributed by atoms with van der Waals surface area (Å²) in [5, 5.41) is 12.0. The average molecular weight is 917 g/mol. The lowest BCUT2D eigenvalue weighted by Gasteiger charge is -2.43. The summed E-state index contributed by atoms with van der Waals surface area (Å²) in [6, 6.07) is 29.2. The van der Waals surface area contributed by atoms with Crippen molar-refractivity contribution in [1.29, 1.82) is 5.26 Å². The van der Waals surface area contributed by atoms with E-state index in [1.807, 2.05) is 111 Å². The minimum Gasteiger partial charge on any atom is -0.497 e. The zero-order chi connectivity index (χ0) is 45.9. The molecule has 2 aromatic heterocycles. The highest BCUT2D eigenvalue weighted by Gasteiger charge is 2.56. The number of aromatic amines is 1. The van der Waals surface area contributed by atoms with Gasteiger partial charge in [-0.15, -0.1) is 11.3 Å². The maximum atomic E-state index is 14.2. The number of methoxy groups -OCH3 is 2. The maximum absolute atomic E-state index is 14.2. The highest BCUT2D eigenvalue weighted by molar-refractivity contribution is 7.43. The lowest BCUT2D eigenvalue weighted by atomic mass is 9.79. The number of H-pyrrole nitrogens is 1. The van der Waals surface area contributed by atoms with Crippen molar-refractivity contribution in [1.82, 2.24) is 14.2 Å². The second-order valence-electron chi connectivity index (χ2n) is 17.9. The minimum absolute atomic E-state index is 0.0816. The first-order chi connectivity index (χ1) is 29.9. The van der Waals surface area contributed by atoms with E-state index in [9.17, 15) is 19.7 Å². The van der Waals surface area contributed by atoms with Crippen molar-refractivity contribution >= 4 is 38.4 Å². The molecule has 338 valence electrons. The Morgan fingerprint density at radius 1 is 0.905 bits per heavy atom. The van der Waals surface area contributed by atoms with Crippen molar-refractivity contribution < 1.29 is 32.8 Å². The Morgan fingerprint density at radius 3 is 1.97 bits per heavy atom. The largest absolute Gasteiger partial charge is 0.497 e. The summed E-state index contributed by atoms with van der Waals surface area (Å²) in [7, 11) is -1.73. The van der Waals surface area contributed by atoms with Crippen LogP contribution in [0.25, 0.3) is 10.2 Å². The molecule has 1 saturated heterocycles. The molecule has 1 aliphatic heterocycles. The van der Waals surface area contributed by atoms with Gasteiger partial charge in [0.2, 0.25) is 0 Å². The van der Waals surface area contributed by atoms with E-state index in [2.05, 4.69) is 44.9 Å². The lowest BCUT2D eigenvalue weighted by molar-refractivity contribution is -0.0931. The molecule has 0 spiro atoms. The first-order valence-corrected chi connectivity index (χ1v) is 26.2. The quantitative estimate of drug-likeness (QED) is 0.0491. The number of nitrogens with zero attached hydrogens (tertiary/aromatic N) is 3. The monoisotopic (exact) mass is 916 g/mol. The highest BCUT2D eigenvalue weighted by Crippen LogP contribution is 2.51. The van der Waals surface area contributed by atoms with Gasteiger partial charge in [-0.05, 0) is 98.2 Å². The summed E-state index contributed by atoms with van der Waals surface area (Å²) in [5.41, 5.74) is 0.399. The van der Waals surface area contributed by atoms with Gasteiger partial charge in [-0.3, -0.25) is 14.3 Å². The van der Waals surface area contributed by atoms with E-state index in [0.717, 1.165) is 16.7 Å². The molecule has 0 aliphatic carbocycles. The molecule has 3 heterocycles. The molecule has 6 atom stereocenters. The summed E-state index contributed by atoms with van der Waals surface area (Å²) in [6.07, 6.45) is -4.00. The molecule has 0 bridgehead atoms. The van der Waals surface area contributed by atoms with Crippen LogP contribution < -0.4 is 20.7 Å². The number of ether oxygens (including phenoxy) is 4. The number of aromatic nitrogens is 2. The van der Waals surface area contributed by atoms with Gasteiger partial charge in [-0.1, -0.05) is 75.4 Å². The molecule has 2 N–H and O–H groups in total. The van der Waals surface area contributed by atoms with Crippen molar-refractivity contribution in [3.05, 3.63) is 128 Å². The van der Waals surface area contributed by atoms with Gasteiger partial charge in [0.25, 0.3) is 14.1 Å². The van der Waals surface area contributed by atoms with Gasteiger partial charge in [0, 0.05) is 18.0 Å². The van der Waals surface area contributed by atoms with Gasteiger partial charge < -0.3 is 32.8 Å². The zero-order valence-electron chi connectivity index (χ0n) is 38.0. The van der Waals surface area contributed by atoms with Crippen molar-refractivity contribution in [3.63, 3.8) is 0 Å². The molecular formula is C47H61N4O9PSSi. The van der Waals surface area contributed by atoms with E-state index >= 15 is 0 Å². The molecule has 2 unspecified atom stereocenters. The minimum atomic E-state index is -2.73. The van der Waals surface area contributed by atoms with E-state index in [-0.39, 0.29) is 30.1 Å². The second kappa shape index (κ2) is 19.9. The third-order valence-electron chi connectivity index (χ3n) is 12.3. The van der Waals surface area contributed by atoms with Gasteiger partial charge in [0.05, 0.1) is 57.1 Å². The van der Waals surface area contributed by atoms with E-state index in [0.29, 0.717) is 21.7 Å². The van der Waals surface area contributed by atoms with Crippen LogP contribution in [0.5, 0.6) is 11.5 Å². The van der Waals surface area contributed by atoms with Gasteiger partial charge in [0.15, 0.2) is 14.5 Å². The zero-order valence-corrected chi connectivity index (χ0v) is 40.7. The van der Waals surface area contributed by atoms with E-state index in [1.165, 1.54) is 15.9 Å². The third kappa shape index (κ3) is 9.90. The Hall–Kier alpha value is -4.20. The molecule has 0 saturated carbocycles. The van der Waals surface area contributed by atoms with Crippen LogP contribution in [-0.4, -0.2) is 78.7 Å². The van der Waals surface area contributed by atoms with Crippen molar-refractivity contribution in [2.45, 2.75) is 115 Å². The van der Waals surface area contributed by atoms with Crippen LogP contribution in [0.4, 0.5) is 0 Å². The molecule has 0 radical (unpaired) electrons. The fraction of sp³-hybridized carbons (Fsp3) is 0.468.